The number of halogens is 2. The van der Waals surface area contributed by atoms with Crippen molar-refractivity contribution < 1.29 is 34.1 Å². The van der Waals surface area contributed by atoms with Crippen LogP contribution in [0.1, 0.15) is 6.42 Å². The SMILES string of the molecule is F.F.[Zr][C]1=CC=CC1. The van der Waals surface area contributed by atoms with Crippen molar-refractivity contribution in [2.45, 2.75) is 6.42 Å². The minimum atomic E-state index is 0. The molecule has 0 saturated heterocycles. The Bertz CT molecular complexity index is 107. The molecular weight excluding hydrogens is 189 g/mol. The summed E-state index contributed by atoms with van der Waals surface area (Å²) in [6.07, 6.45) is 7.69. The second kappa shape index (κ2) is 5.36. The van der Waals surface area contributed by atoms with Crippen molar-refractivity contribution in [1.29, 1.82) is 0 Å². The van der Waals surface area contributed by atoms with Crippen LogP contribution in [0.15, 0.2) is 21.5 Å². The molecule has 8 heavy (non-hydrogen) atoms. The maximum absolute atomic E-state index is 2.18. The van der Waals surface area contributed by atoms with E-state index in [0.717, 1.165) is 0 Å². The first-order valence-electron chi connectivity index (χ1n) is 1.97. The molecule has 0 amide bonds. The predicted octanol–water partition coefficient (Wildman–Crippen LogP) is 1.68. The van der Waals surface area contributed by atoms with Gasteiger partial charge in [0.25, 0.3) is 0 Å². The molecule has 3 heteroatoms. The summed E-state index contributed by atoms with van der Waals surface area (Å²) in [4.78, 5) is 0. The molecule has 0 spiro atoms. The number of rotatable bonds is 0. The quantitative estimate of drug-likeness (QED) is 0.553. The molecule has 0 unspecified atom stereocenters. The van der Waals surface area contributed by atoms with E-state index >= 15 is 0 Å². The Kier molecular flexibility index (Phi) is 7.42. The average Bonchev–Trinajstić information content (AvgIpc) is 1.86. The van der Waals surface area contributed by atoms with E-state index in [4.69, 9.17) is 0 Å². The van der Waals surface area contributed by atoms with Gasteiger partial charge in [-0.15, -0.1) is 0 Å². The van der Waals surface area contributed by atoms with Crippen molar-refractivity contribution in [1.82, 2.24) is 0 Å². The van der Waals surface area contributed by atoms with Gasteiger partial charge >= 0.3 is 52.6 Å². The fraction of sp³-hybridized carbons (Fsp3) is 0.200. The molecule has 0 aromatic carbocycles. The van der Waals surface area contributed by atoms with E-state index in [1.807, 2.05) is 0 Å². The number of hydrogen-bond donors (Lipinski definition) is 0. The van der Waals surface area contributed by atoms with Gasteiger partial charge in [0.05, 0.1) is 0 Å². The van der Waals surface area contributed by atoms with E-state index in [-0.39, 0.29) is 9.41 Å². The third-order valence-corrected chi connectivity index (χ3v) is 1.68. The molecule has 0 aromatic heterocycles. The van der Waals surface area contributed by atoms with Crippen LogP contribution in [-0.4, -0.2) is 0 Å². The van der Waals surface area contributed by atoms with Crippen molar-refractivity contribution in [3.8, 4) is 0 Å². The van der Waals surface area contributed by atoms with Gasteiger partial charge in [-0.3, -0.25) is 9.41 Å². The van der Waals surface area contributed by atoms with Crippen LogP contribution in [0.3, 0.4) is 0 Å². The van der Waals surface area contributed by atoms with Crippen molar-refractivity contribution >= 4 is 0 Å². The van der Waals surface area contributed by atoms with Gasteiger partial charge in [-0.05, 0) is 0 Å². The van der Waals surface area contributed by atoms with E-state index in [1.165, 1.54) is 6.42 Å². The van der Waals surface area contributed by atoms with Crippen LogP contribution in [0.4, 0.5) is 9.41 Å². The van der Waals surface area contributed by atoms with Gasteiger partial charge in [-0.2, -0.15) is 0 Å². The molecule has 0 nitrogen and oxygen atoms in total. The molecule has 0 saturated carbocycles. The minimum absolute atomic E-state index is 0. The summed E-state index contributed by atoms with van der Waals surface area (Å²) in [6.45, 7) is 0. The summed E-state index contributed by atoms with van der Waals surface area (Å²) >= 11 is 1.56. The molecule has 1 rings (SSSR count). The summed E-state index contributed by atoms with van der Waals surface area (Å²) < 4.78 is 1.56. The third kappa shape index (κ3) is 3.25. The van der Waals surface area contributed by atoms with Crippen molar-refractivity contribution in [2.75, 3.05) is 0 Å². The Labute approximate surface area is 62.2 Å². The van der Waals surface area contributed by atoms with E-state index in [0.29, 0.717) is 0 Å². The summed E-state index contributed by atoms with van der Waals surface area (Å²) in [7, 11) is 0. The predicted molar refractivity (Wildman–Crippen MR) is 26.8 cm³/mol. The van der Waals surface area contributed by atoms with Gasteiger partial charge in [-0.25, -0.2) is 0 Å². The molecule has 1 aliphatic rings. The normalized spacial score (nSPS) is 13.6. The van der Waals surface area contributed by atoms with E-state index in [9.17, 15) is 0 Å². The Balaban J connectivity index is 0. The van der Waals surface area contributed by atoms with E-state index in [2.05, 4.69) is 18.2 Å². The molecule has 0 N–H and O–H groups in total. The van der Waals surface area contributed by atoms with E-state index < -0.39 is 0 Å². The van der Waals surface area contributed by atoms with Gasteiger partial charge in [-0.1, -0.05) is 0 Å². The van der Waals surface area contributed by atoms with Gasteiger partial charge in [0, 0.05) is 0 Å². The zero-order valence-electron chi connectivity index (χ0n) is 4.26. The fourth-order valence-corrected chi connectivity index (χ4v) is 0.973. The zero-order chi connectivity index (χ0) is 4.41. The van der Waals surface area contributed by atoms with Crippen LogP contribution in [0.2, 0.25) is 0 Å². The molecule has 0 radical (unpaired) electrons. The van der Waals surface area contributed by atoms with Gasteiger partial charge < -0.3 is 0 Å². The van der Waals surface area contributed by atoms with Crippen molar-refractivity contribution in [3.05, 3.63) is 21.5 Å². The Morgan fingerprint density at radius 3 is 2.12 bits per heavy atom. The average molecular weight is 196 g/mol. The molecule has 0 heterocycles. The molecule has 0 bridgehead atoms. The summed E-state index contributed by atoms with van der Waals surface area (Å²) in [5, 5.41) is 0. The summed E-state index contributed by atoms with van der Waals surface area (Å²) in [5.74, 6) is 0. The van der Waals surface area contributed by atoms with Crippen LogP contribution in [0.5, 0.6) is 0 Å². The number of hydrogen-bond acceptors (Lipinski definition) is 0. The Morgan fingerprint density at radius 2 is 2.00 bits per heavy atom. The first-order chi connectivity index (χ1) is 2.89. The maximum atomic E-state index is 2.18. The van der Waals surface area contributed by atoms with Crippen molar-refractivity contribution in [2.24, 2.45) is 0 Å². The Morgan fingerprint density at radius 1 is 1.38 bits per heavy atom. The topological polar surface area (TPSA) is 0 Å². The molecular formula is C5H7F2Zr. The molecule has 0 aliphatic heterocycles. The number of allylic oxidation sites excluding steroid dienone is 4. The standard InChI is InChI=1S/C5H5.2FH.Zr/c1-2-4-5-3-1;;;/h1-3H,4H2;2*1H;. The second-order valence-corrected chi connectivity index (χ2v) is 2.90. The van der Waals surface area contributed by atoms with Crippen LogP contribution in [0, 0.1) is 0 Å². The first kappa shape index (κ1) is 11.1. The monoisotopic (exact) mass is 195 g/mol. The van der Waals surface area contributed by atoms with Crippen LogP contribution >= 0.6 is 0 Å². The van der Waals surface area contributed by atoms with Crippen LogP contribution in [-0.2, 0) is 24.7 Å². The van der Waals surface area contributed by atoms with Gasteiger partial charge in [0.2, 0.25) is 0 Å². The summed E-state index contributed by atoms with van der Waals surface area (Å²) in [6, 6.07) is 0. The van der Waals surface area contributed by atoms with Crippen LogP contribution in [0.25, 0.3) is 0 Å². The molecule has 0 aromatic rings. The second-order valence-electron chi connectivity index (χ2n) is 1.32. The molecule has 1 aliphatic carbocycles. The zero-order valence-corrected chi connectivity index (χ0v) is 6.71. The van der Waals surface area contributed by atoms with Crippen LogP contribution < -0.4 is 0 Å². The Hall–Kier alpha value is 0.223. The third-order valence-electron chi connectivity index (χ3n) is 0.771. The van der Waals surface area contributed by atoms with Crippen molar-refractivity contribution in [3.63, 3.8) is 0 Å². The molecule has 0 fully saturated rings. The first-order valence-corrected chi connectivity index (χ1v) is 3.20. The fourth-order valence-electron chi connectivity index (χ4n) is 0.447. The molecule has 45 valence electrons. The van der Waals surface area contributed by atoms with Gasteiger partial charge in [0.1, 0.15) is 0 Å². The van der Waals surface area contributed by atoms with E-state index in [1.54, 1.807) is 28.0 Å². The van der Waals surface area contributed by atoms with Gasteiger partial charge in [0.15, 0.2) is 0 Å². The summed E-state index contributed by atoms with van der Waals surface area (Å²) in [5.41, 5.74) is 0. The molecule has 0 atom stereocenters.